The van der Waals surface area contributed by atoms with Gasteiger partial charge in [0, 0.05) is 31.2 Å². The fourth-order valence-electron chi connectivity index (χ4n) is 4.55. The lowest BCUT2D eigenvalue weighted by atomic mass is 9.94. The van der Waals surface area contributed by atoms with E-state index in [4.69, 9.17) is 11.6 Å². The predicted molar refractivity (Wildman–Crippen MR) is 127 cm³/mol. The van der Waals surface area contributed by atoms with Crippen LogP contribution in [0, 0.1) is 0 Å². The van der Waals surface area contributed by atoms with Crippen LogP contribution < -0.4 is 0 Å². The maximum absolute atomic E-state index is 13.3. The molecule has 2 atom stereocenters. The Morgan fingerprint density at radius 2 is 1.29 bits per heavy atom. The van der Waals surface area contributed by atoms with Crippen LogP contribution in [0.25, 0.3) is 0 Å². The van der Waals surface area contributed by atoms with Crippen molar-refractivity contribution in [1.82, 2.24) is 9.80 Å². The van der Waals surface area contributed by atoms with Crippen molar-refractivity contribution in [1.29, 1.82) is 0 Å². The average molecular weight is 433 g/mol. The highest BCUT2D eigenvalue weighted by Gasteiger charge is 2.31. The van der Waals surface area contributed by atoms with Crippen molar-refractivity contribution >= 4 is 17.5 Å². The predicted octanol–water partition coefficient (Wildman–Crippen LogP) is 5.77. The van der Waals surface area contributed by atoms with Gasteiger partial charge in [0.1, 0.15) is 0 Å². The molecule has 0 N–H and O–H groups in total. The van der Waals surface area contributed by atoms with Crippen molar-refractivity contribution in [2.75, 3.05) is 26.2 Å². The van der Waals surface area contributed by atoms with Crippen LogP contribution in [0.5, 0.6) is 0 Å². The molecule has 0 spiro atoms. The largest absolute Gasteiger partial charge is 0.340 e. The van der Waals surface area contributed by atoms with Gasteiger partial charge in [0.05, 0.1) is 12.0 Å². The first-order valence-electron chi connectivity index (χ1n) is 11.1. The maximum Gasteiger partial charge on any atom is 0.230 e. The Bertz CT molecular complexity index is 967. The van der Waals surface area contributed by atoms with Gasteiger partial charge < -0.3 is 4.90 Å². The Balaban J connectivity index is 1.50. The van der Waals surface area contributed by atoms with Gasteiger partial charge in [-0.05, 0) is 35.2 Å². The lowest BCUT2D eigenvalue weighted by Gasteiger charge is -2.40. The van der Waals surface area contributed by atoms with Gasteiger partial charge in [-0.3, -0.25) is 9.69 Å². The van der Waals surface area contributed by atoms with E-state index in [1.807, 2.05) is 41.3 Å². The Hall–Kier alpha value is -2.62. The van der Waals surface area contributed by atoms with Crippen LogP contribution in [-0.4, -0.2) is 41.9 Å². The van der Waals surface area contributed by atoms with Crippen LogP contribution in [-0.2, 0) is 4.79 Å². The van der Waals surface area contributed by atoms with E-state index < -0.39 is 0 Å². The second kappa shape index (κ2) is 10.1. The Labute approximate surface area is 190 Å². The number of carbonyl (C=O) groups excluding carboxylic acids is 1. The summed E-state index contributed by atoms with van der Waals surface area (Å²) in [5, 5.41) is 0.748. The van der Waals surface area contributed by atoms with E-state index in [1.165, 1.54) is 11.1 Å². The lowest BCUT2D eigenvalue weighted by Crippen LogP contribution is -2.51. The highest BCUT2D eigenvalue weighted by molar-refractivity contribution is 6.30. The maximum atomic E-state index is 13.3. The number of rotatable bonds is 6. The zero-order valence-electron chi connectivity index (χ0n) is 18.0. The fraction of sp³-hybridized carbons (Fsp3) is 0.296. The second-order valence-corrected chi connectivity index (χ2v) is 8.53. The fourth-order valence-corrected chi connectivity index (χ4v) is 4.68. The molecule has 0 saturated carbocycles. The summed E-state index contributed by atoms with van der Waals surface area (Å²) in [5.74, 6) is 0.185. The average Bonchev–Trinajstić information content (AvgIpc) is 2.83. The number of hydrogen-bond donors (Lipinski definition) is 0. The van der Waals surface area contributed by atoms with Gasteiger partial charge in [-0.15, -0.1) is 0 Å². The molecule has 31 heavy (non-hydrogen) atoms. The minimum atomic E-state index is -0.0612. The van der Waals surface area contributed by atoms with Crippen LogP contribution in [0.1, 0.15) is 42.0 Å². The van der Waals surface area contributed by atoms with E-state index in [9.17, 15) is 4.79 Å². The number of nitrogens with zero attached hydrogens (tertiary/aromatic N) is 2. The third kappa shape index (κ3) is 5.00. The molecule has 1 saturated heterocycles. The summed E-state index contributed by atoms with van der Waals surface area (Å²) in [6.45, 7) is 5.29. The molecule has 3 aromatic carbocycles. The number of halogens is 1. The molecule has 3 nitrogen and oxygen atoms in total. The summed E-state index contributed by atoms with van der Waals surface area (Å²) in [4.78, 5) is 17.8. The molecule has 4 rings (SSSR count). The van der Waals surface area contributed by atoms with Crippen molar-refractivity contribution in [3.8, 4) is 0 Å². The molecule has 0 bridgehead atoms. The van der Waals surface area contributed by atoms with E-state index in [2.05, 4.69) is 60.4 Å². The Kier molecular flexibility index (Phi) is 7.06. The van der Waals surface area contributed by atoms with Gasteiger partial charge >= 0.3 is 0 Å². The van der Waals surface area contributed by atoms with Crippen LogP contribution in [0.15, 0.2) is 84.9 Å². The molecule has 0 aliphatic carbocycles. The first kappa shape index (κ1) is 21.6. The zero-order chi connectivity index (χ0) is 21.6. The first-order chi connectivity index (χ1) is 15.2. The van der Waals surface area contributed by atoms with Crippen LogP contribution >= 0.6 is 11.6 Å². The summed E-state index contributed by atoms with van der Waals surface area (Å²) >= 11 is 6.14. The van der Waals surface area contributed by atoms with E-state index in [1.54, 1.807) is 0 Å². The lowest BCUT2D eigenvalue weighted by molar-refractivity contribution is -0.134. The van der Waals surface area contributed by atoms with E-state index in [0.29, 0.717) is 0 Å². The monoisotopic (exact) mass is 432 g/mol. The summed E-state index contributed by atoms with van der Waals surface area (Å²) in [7, 11) is 0. The van der Waals surface area contributed by atoms with Gasteiger partial charge in [-0.2, -0.15) is 0 Å². The Morgan fingerprint density at radius 3 is 1.84 bits per heavy atom. The topological polar surface area (TPSA) is 23.6 Å². The number of carbonyl (C=O) groups is 1. The van der Waals surface area contributed by atoms with Gasteiger partial charge in [0.2, 0.25) is 5.91 Å². The van der Waals surface area contributed by atoms with Crippen molar-refractivity contribution in [3.05, 3.63) is 107 Å². The summed E-state index contributed by atoms with van der Waals surface area (Å²) < 4.78 is 0. The molecule has 160 valence electrons. The molecule has 4 heteroatoms. The van der Waals surface area contributed by atoms with Crippen LogP contribution in [0.4, 0.5) is 0 Å². The summed E-state index contributed by atoms with van der Waals surface area (Å²) in [6.07, 6.45) is 0.820. The molecular formula is C27H29ClN2O. The van der Waals surface area contributed by atoms with Crippen molar-refractivity contribution in [3.63, 3.8) is 0 Å². The second-order valence-electron chi connectivity index (χ2n) is 8.10. The molecule has 1 aliphatic rings. The molecule has 1 heterocycles. The third-order valence-electron chi connectivity index (χ3n) is 6.20. The third-order valence-corrected chi connectivity index (χ3v) is 6.45. The highest BCUT2D eigenvalue weighted by Crippen LogP contribution is 2.31. The highest BCUT2D eigenvalue weighted by atomic mass is 35.5. The van der Waals surface area contributed by atoms with Gasteiger partial charge in [0.25, 0.3) is 0 Å². The first-order valence-corrected chi connectivity index (χ1v) is 11.4. The molecular weight excluding hydrogens is 404 g/mol. The van der Waals surface area contributed by atoms with E-state index >= 15 is 0 Å². The quantitative estimate of drug-likeness (QED) is 0.493. The minimum Gasteiger partial charge on any atom is -0.340 e. The molecule has 0 radical (unpaired) electrons. The van der Waals surface area contributed by atoms with E-state index in [0.717, 1.165) is 43.2 Å². The van der Waals surface area contributed by atoms with E-state index in [-0.39, 0.29) is 17.9 Å². The number of benzene rings is 3. The molecule has 3 aromatic rings. The SMILES string of the molecule is CC[C@@H](C(=O)N1CCN([C@H](c2ccccc2)c2ccc(Cl)cc2)CC1)c1ccccc1. The normalized spacial score (nSPS) is 16.6. The van der Waals surface area contributed by atoms with Crippen molar-refractivity contribution < 1.29 is 4.79 Å². The number of amides is 1. The minimum absolute atomic E-state index is 0.0612. The number of piperazine rings is 1. The van der Waals surface area contributed by atoms with Gasteiger partial charge in [-0.1, -0.05) is 91.3 Å². The van der Waals surface area contributed by atoms with Crippen molar-refractivity contribution in [2.24, 2.45) is 0 Å². The standard InChI is InChI=1S/C27H29ClN2O/c1-2-25(21-9-5-3-6-10-21)27(31)30-19-17-29(18-20-30)26(22-11-7-4-8-12-22)23-13-15-24(28)16-14-23/h3-16,25-26H,2,17-20H2,1H3/t25-,26-/m1/s1. The molecule has 1 fully saturated rings. The van der Waals surface area contributed by atoms with Crippen LogP contribution in [0.3, 0.4) is 0 Å². The Morgan fingerprint density at radius 1 is 0.774 bits per heavy atom. The number of hydrogen-bond acceptors (Lipinski definition) is 2. The zero-order valence-corrected chi connectivity index (χ0v) is 18.7. The molecule has 1 amide bonds. The molecule has 0 unspecified atom stereocenters. The summed E-state index contributed by atoms with van der Waals surface area (Å²) in [6, 6.07) is 29.0. The molecule has 1 aliphatic heterocycles. The van der Waals surface area contributed by atoms with Crippen molar-refractivity contribution in [2.45, 2.75) is 25.3 Å². The molecule has 0 aromatic heterocycles. The smallest absolute Gasteiger partial charge is 0.230 e. The van der Waals surface area contributed by atoms with Crippen LogP contribution in [0.2, 0.25) is 5.02 Å². The van der Waals surface area contributed by atoms with Gasteiger partial charge in [0.15, 0.2) is 0 Å². The summed E-state index contributed by atoms with van der Waals surface area (Å²) in [5.41, 5.74) is 3.60. The van der Waals surface area contributed by atoms with Gasteiger partial charge in [-0.25, -0.2) is 0 Å².